The Labute approximate surface area is 139 Å². The number of aliphatic hydroxyl groups excluding tert-OH is 1. The Kier molecular flexibility index (Phi) is 6.32. The summed E-state index contributed by atoms with van der Waals surface area (Å²) in [6.07, 6.45) is -1.41. The molecule has 124 valence electrons. The maximum Gasteiger partial charge on any atom is 0.303 e. The van der Waals surface area contributed by atoms with Gasteiger partial charge in [-0.15, -0.1) is 0 Å². The summed E-state index contributed by atoms with van der Waals surface area (Å²) in [6, 6.07) is 16.2. The van der Waals surface area contributed by atoms with Crippen LogP contribution >= 0.6 is 0 Å². The molecule has 0 saturated carbocycles. The number of nitriles is 1. The van der Waals surface area contributed by atoms with E-state index in [0.717, 1.165) is 0 Å². The number of hydrogen-bond acceptors (Lipinski definition) is 5. The minimum atomic E-state index is -1.20. The normalized spacial score (nSPS) is 11.5. The third kappa shape index (κ3) is 5.09. The first-order chi connectivity index (χ1) is 11.6. The Hall–Kier alpha value is -2.88. The summed E-state index contributed by atoms with van der Waals surface area (Å²) in [7, 11) is 0. The zero-order chi connectivity index (χ0) is 17.4. The van der Waals surface area contributed by atoms with Crippen molar-refractivity contribution < 1.29 is 24.5 Å². The highest BCUT2D eigenvalue weighted by atomic mass is 16.6. The molecule has 0 spiro atoms. The van der Waals surface area contributed by atoms with Gasteiger partial charge in [0.25, 0.3) is 0 Å². The first-order valence-corrected chi connectivity index (χ1v) is 7.36. The van der Waals surface area contributed by atoms with Gasteiger partial charge in [0.05, 0.1) is 13.0 Å². The number of aliphatic hydroxyl groups is 1. The minimum absolute atomic E-state index is 0.0164. The van der Waals surface area contributed by atoms with Crippen LogP contribution in [0.3, 0.4) is 0 Å². The lowest BCUT2D eigenvalue weighted by Gasteiger charge is -2.14. The van der Waals surface area contributed by atoms with Gasteiger partial charge in [-0.05, 0) is 23.8 Å². The van der Waals surface area contributed by atoms with Gasteiger partial charge in [0, 0.05) is 6.42 Å². The van der Waals surface area contributed by atoms with Crippen molar-refractivity contribution in [2.75, 3.05) is 0 Å². The van der Waals surface area contributed by atoms with Gasteiger partial charge in [-0.3, -0.25) is 4.79 Å². The second kappa shape index (κ2) is 8.67. The number of nitrogens with zero attached hydrogens (tertiary/aromatic N) is 1. The quantitative estimate of drug-likeness (QED) is 0.723. The van der Waals surface area contributed by atoms with Crippen molar-refractivity contribution in [1.82, 2.24) is 0 Å². The highest BCUT2D eigenvalue weighted by Crippen LogP contribution is 2.27. The second-order valence-electron chi connectivity index (χ2n) is 5.02. The third-order valence-electron chi connectivity index (χ3n) is 3.23. The fraction of sp³-hybridized carbons (Fsp3) is 0.222. The molecule has 0 aromatic heterocycles. The number of ether oxygens (including phenoxy) is 2. The summed E-state index contributed by atoms with van der Waals surface area (Å²) in [5.74, 6) is -0.00740. The molecule has 1 unspecified atom stereocenters. The van der Waals surface area contributed by atoms with Crippen molar-refractivity contribution in [3.05, 3.63) is 59.7 Å². The van der Waals surface area contributed by atoms with Gasteiger partial charge in [-0.2, -0.15) is 5.26 Å². The average molecular weight is 327 g/mol. The molecule has 0 aliphatic carbocycles. The van der Waals surface area contributed by atoms with Gasteiger partial charge in [0.15, 0.2) is 6.29 Å². The van der Waals surface area contributed by atoms with E-state index in [1.807, 2.05) is 18.2 Å². The van der Waals surface area contributed by atoms with Crippen LogP contribution in [-0.2, 0) is 16.1 Å². The van der Waals surface area contributed by atoms with E-state index in [4.69, 9.17) is 14.6 Å². The smallest absolute Gasteiger partial charge is 0.303 e. The van der Waals surface area contributed by atoms with Crippen molar-refractivity contribution in [3.8, 4) is 17.6 Å². The lowest BCUT2D eigenvalue weighted by Crippen LogP contribution is -2.14. The molecule has 0 radical (unpaired) electrons. The van der Waals surface area contributed by atoms with E-state index in [9.17, 15) is 15.2 Å². The molecule has 2 aromatic rings. The average Bonchev–Trinajstić information content (AvgIpc) is 2.59. The van der Waals surface area contributed by atoms with Gasteiger partial charge in [0.1, 0.15) is 23.1 Å². The number of rotatable bonds is 8. The topological polar surface area (TPSA) is 99.8 Å². The lowest BCUT2D eigenvalue weighted by atomic mass is 10.1. The van der Waals surface area contributed by atoms with Gasteiger partial charge >= 0.3 is 5.97 Å². The largest absolute Gasteiger partial charge is 0.481 e. The molecule has 0 aliphatic heterocycles. The van der Waals surface area contributed by atoms with Crippen LogP contribution in [0.25, 0.3) is 0 Å². The predicted molar refractivity (Wildman–Crippen MR) is 85.3 cm³/mol. The molecular formula is C18H17NO5. The van der Waals surface area contributed by atoms with Crippen molar-refractivity contribution in [2.45, 2.75) is 25.7 Å². The third-order valence-corrected chi connectivity index (χ3v) is 3.23. The van der Waals surface area contributed by atoms with E-state index in [-0.39, 0.29) is 19.4 Å². The molecule has 0 fully saturated rings. The number of hydrogen-bond donors (Lipinski definition) is 2. The number of carboxylic acid groups (broad SMARTS) is 1. The molecule has 2 rings (SSSR count). The molecule has 0 aliphatic rings. The van der Waals surface area contributed by atoms with Crippen LogP contribution in [0.15, 0.2) is 48.5 Å². The minimum Gasteiger partial charge on any atom is -0.481 e. The van der Waals surface area contributed by atoms with Crippen LogP contribution in [0.1, 0.15) is 24.0 Å². The number of benzene rings is 2. The van der Waals surface area contributed by atoms with Crippen LogP contribution in [0, 0.1) is 11.3 Å². The molecular weight excluding hydrogens is 310 g/mol. The molecule has 6 nitrogen and oxygen atoms in total. The zero-order valence-electron chi connectivity index (χ0n) is 12.9. The van der Waals surface area contributed by atoms with Crippen molar-refractivity contribution in [2.24, 2.45) is 0 Å². The predicted octanol–water partition coefficient (Wildman–Crippen LogP) is 3.05. The van der Waals surface area contributed by atoms with Gasteiger partial charge < -0.3 is 19.7 Å². The molecule has 2 N–H and O–H groups in total. The van der Waals surface area contributed by atoms with E-state index in [2.05, 4.69) is 6.07 Å². The fourth-order valence-corrected chi connectivity index (χ4v) is 2.04. The zero-order valence-corrected chi connectivity index (χ0v) is 12.9. The Balaban J connectivity index is 2.07. The van der Waals surface area contributed by atoms with E-state index in [1.54, 1.807) is 30.3 Å². The SMILES string of the molecule is N#Cc1c(COC(O)CCC(=O)O)cccc1Oc1ccccc1. The molecule has 0 bridgehead atoms. The monoisotopic (exact) mass is 327 g/mol. The molecule has 2 aromatic carbocycles. The summed E-state index contributed by atoms with van der Waals surface area (Å²) in [4.78, 5) is 10.5. The Bertz CT molecular complexity index is 724. The molecule has 0 saturated heterocycles. The second-order valence-corrected chi connectivity index (χ2v) is 5.02. The maximum absolute atomic E-state index is 10.5. The molecule has 0 amide bonds. The highest BCUT2D eigenvalue weighted by molar-refractivity contribution is 5.66. The molecule has 1 atom stereocenters. The maximum atomic E-state index is 10.5. The van der Waals surface area contributed by atoms with Gasteiger partial charge in [-0.25, -0.2) is 0 Å². The van der Waals surface area contributed by atoms with Crippen LogP contribution in [-0.4, -0.2) is 22.5 Å². The summed E-state index contributed by atoms with van der Waals surface area (Å²) in [5, 5.41) is 27.6. The number of aliphatic carboxylic acids is 1. The summed E-state index contributed by atoms with van der Waals surface area (Å²) >= 11 is 0. The van der Waals surface area contributed by atoms with E-state index >= 15 is 0 Å². The number of carbonyl (C=O) groups is 1. The number of carboxylic acids is 1. The lowest BCUT2D eigenvalue weighted by molar-refractivity contribution is -0.143. The highest BCUT2D eigenvalue weighted by Gasteiger charge is 2.13. The Morgan fingerprint density at radius 2 is 1.92 bits per heavy atom. The first-order valence-electron chi connectivity index (χ1n) is 7.36. The molecule has 24 heavy (non-hydrogen) atoms. The molecule has 0 heterocycles. The van der Waals surface area contributed by atoms with Crippen molar-refractivity contribution >= 4 is 5.97 Å². The van der Waals surface area contributed by atoms with Gasteiger partial charge in [-0.1, -0.05) is 30.3 Å². The summed E-state index contributed by atoms with van der Waals surface area (Å²) in [6.45, 7) is -0.0182. The Morgan fingerprint density at radius 3 is 2.58 bits per heavy atom. The summed E-state index contributed by atoms with van der Waals surface area (Å²) in [5.41, 5.74) is 0.868. The standard InChI is InChI=1S/C18H17NO5/c19-11-15-13(12-23-18(22)10-9-17(20)21)5-4-8-16(15)24-14-6-2-1-3-7-14/h1-8,18,22H,9-10,12H2,(H,20,21). The van der Waals surface area contributed by atoms with Crippen LogP contribution in [0.4, 0.5) is 0 Å². The van der Waals surface area contributed by atoms with E-state index in [1.165, 1.54) is 0 Å². The van der Waals surface area contributed by atoms with Crippen LogP contribution in [0.5, 0.6) is 11.5 Å². The fourth-order valence-electron chi connectivity index (χ4n) is 2.04. The molecule has 6 heteroatoms. The van der Waals surface area contributed by atoms with Crippen LogP contribution < -0.4 is 4.74 Å². The first kappa shape index (κ1) is 17.5. The van der Waals surface area contributed by atoms with E-state index in [0.29, 0.717) is 22.6 Å². The van der Waals surface area contributed by atoms with Gasteiger partial charge in [0.2, 0.25) is 0 Å². The summed E-state index contributed by atoms with van der Waals surface area (Å²) < 4.78 is 10.9. The van der Waals surface area contributed by atoms with E-state index < -0.39 is 12.3 Å². The van der Waals surface area contributed by atoms with Crippen LogP contribution in [0.2, 0.25) is 0 Å². The van der Waals surface area contributed by atoms with Crippen molar-refractivity contribution in [1.29, 1.82) is 5.26 Å². The van der Waals surface area contributed by atoms with Crippen molar-refractivity contribution in [3.63, 3.8) is 0 Å². The number of para-hydroxylation sites is 1. The Morgan fingerprint density at radius 1 is 1.17 bits per heavy atom.